The summed E-state index contributed by atoms with van der Waals surface area (Å²) in [6, 6.07) is 15.1. The summed E-state index contributed by atoms with van der Waals surface area (Å²) in [7, 11) is 3.18. The molecule has 0 unspecified atom stereocenters. The van der Waals surface area contributed by atoms with Crippen molar-refractivity contribution in [1.82, 2.24) is 10.2 Å². The quantitative estimate of drug-likeness (QED) is 0.843. The Kier molecular flexibility index (Phi) is 6.57. The van der Waals surface area contributed by atoms with Gasteiger partial charge < -0.3 is 15.0 Å². The zero-order chi connectivity index (χ0) is 18.2. The molecule has 0 heterocycles. The second kappa shape index (κ2) is 8.87. The normalized spacial score (nSPS) is 10.2. The Balaban J connectivity index is 2.37. The van der Waals surface area contributed by atoms with Crippen molar-refractivity contribution >= 4 is 11.8 Å². The SMILES string of the molecule is CCCN(CC(=O)NC)C(=O)c1ccc(OC)c(-c2ccccc2)c1. The third-order valence-electron chi connectivity index (χ3n) is 3.93. The number of carbonyl (C=O) groups excluding carboxylic acids is 2. The maximum absolute atomic E-state index is 12.9. The molecule has 0 aromatic heterocycles. The number of carbonyl (C=O) groups is 2. The van der Waals surface area contributed by atoms with Gasteiger partial charge in [0.2, 0.25) is 5.91 Å². The van der Waals surface area contributed by atoms with Crippen LogP contribution in [0.4, 0.5) is 0 Å². The summed E-state index contributed by atoms with van der Waals surface area (Å²) in [5.74, 6) is 0.361. The number of hydrogen-bond acceptors (Lipinski definition) is 3. The van der Waals surface area contributed by atoms with Crippen LogP contribution in [0.25, 0.3) is 11.1 Å². The van der Waals surface area contributed by atoms with E-state index in [1.54, 1.807) is 31.2 Å². The minimum absolute atomic E-state index is 0.0515. The fourth-order valence-corrected chi connectivity index (χ4v) is 2.64. The first-order valence-corrected chi connectivity index (χ1v) is 8.34. The maximum atomic E-state index is 12.9. The van der Waals surface area contributed by atoms with Crippen molar-refractivity contribution in [3.63, 3.8) is 0 Å². The lowest BCUT2D eigenvalue weighted by Gasteiger charge is -2.22. The Morgan fingerprint density at radius 2 is 1.84 bits per heavy atom. The van der Waals surface area contributed by atoms with E-state index in [1.807, 2.05) is 43.3 Å². The molecule has 0 fully saturated rings. The number of rotatable bonds is 7. The summed E-state index contributed by atoms with van der Waals surface area (Å²) in [6.45, 7) is 2.56. The molecule has 0 aliphatic carbocycles. The Morgan fingerprint density at radius 1 is 1.12 bits per heavy atom. The van der Waals surface area contributed by atoms with Crippen LogP contribution >= 0.6 is 0 Å². The average Bonchev–Trinajstić information content (AvgIpc) is 2.67. The number of likely N-dealkylation sites (N-methyl/N-ethyl adjacent to an activating group) is 1. The van der Waals surface area contributed by atoms with Crippen LogP contribution < -0.4 is 10.1 Å². The van der Waals surface area contributed by atoms with Crippen LogP contribution in [0.5, 0.6) is 5.75 Å². The van der Waals surface area contributed by atoms with Crippen LogP contribution in [0.2, 0.25) is 0 Å². The minimum Gasteiger partial charge on any atom is -0.496 e. The summed E-state index contributed by atoms with van der Waals surface area (Å²) in [5.41, 5.74) is 2.37. The first kappa shape index (κ1) is 18.5. The van der Waals surface area contributed by atoms with Gasteiger partial charge in [0.25, 0.3) is 5.91 Å². The number of benzene rings is 2. The highest BCUT2D eigenvalue weighted by Gasteiger charge is 2.19. The molecule has 0 atom stereocenters. The van der Waals surface area contributed by atoms with Crippen molar-refractivity contribution in [2.45, 2.75) is 13.3 Å². The summed E-state index contributed by atoms with van der Waals surface area (Å²) in [4.78, 5) is 26.1. The highest BCUT2D eigenvalue weighted by atomic mass is 16.5. The molecule has 132 valence electrons. The molecule has 25 heavy (non-hydrogen) atoms. The maximum Gasteiger partial charge on any atom is 0.254 e. The van der Waals surface area contributed by atoms with Gasteiger partial charge in [-0.1, -0.05) is 37.3 Å². The van der Waals surface area contributed by atoms with Gasteiger partial charge in [0, 0.05) is 24.7 Å². The predicted molar refractivity (Wildman–Crippen MR) is 98.7 cm³/mol. The number of nitrogens with zero attached hydrogens (tertiary/aromatic N) is 1. The number of methoxy groups -OCH3 is 1. The Morgan fingerprint density at radius 3 is 2.44 bits per heavy atom. The molecule has 2 aromatic rings. The summed E-state index contributed by atoms with van der Waals surface area (Å²) in [5, 5.41) is 2.56. The van der Waals surface area contributed by atoms with Gasteiger partial charge in [-0.05, 0) is 30.2 Å². The van der Waals surface area contributed by atoms with Crippen molar-refractivity contribution < 1.29 is 14.3 Å². The number of ether oxygens (including phenoxy) is 1. The first-order chi connectivity index (χ1) is 12.1. The predicted octanol–water partition coefficient (Wildman–Crippen LogP) is 2.96. The van der Waals surface area contributed by atoms with Crippen LogP contribution in [0, 0.1) is 0 Å². The van der Waals surface area contributed by atoms with Gasteiger partial charge in [-0.15, -0.1) is 0 Å². The van der Waals surface area contributed by atoms with E-state index in [2.05, 4.69) is 5.32 Å². The second-order valence-corrected chi connectivity index (χ2v) is 5.68. The molecule has 5 heteroatoms. The fraction of sp³-hybridized carbons (Fsp3) is 0.300. The molecule has 2 rings (SSSR count). The third kappa shape index (κ3) is 4.59. The molecule has 5 nitrogen and oxygen atoms in total. The van der Waals surface area contributed by atoms with E-state index in [0.717, 1.165) is 17.5 Å². The van der Waals surface area contributed by atoms with Gasteiger partial charge in [0.1, 0.15) is 5.75 Å². The topological polar surface area (TPSA) is 58.6 Å². The summed E-state index contributed by atoms with van der Waals surface area (Å²) >= 11 is 0. The first-order valence-electron chi connectivity index (χ1n) is 8.34. The van der Waals surface area contributed by atoms with E-state index >= 15 is 0 Å². The molecule has 2 aromatic carbocycles. The molecule has 0 aliphatic heterocycles. The molecule has 0 aliphatic rings. The van der Waals surface area contributed by atoms with Crippen LogP contribution in [0.1, 0.15) is 23.7 Å². The lowest BCUT2D eigenvalue weighted by Crippen LogP contribution is -2.40. The van der Waals surface area contributed by atoms with Crippen molar-refractivity contribution in [3.8, 4) is 16.9 Å². The van der Waals surface area contributed by atoms with Crippen LogP contribution in [0.15, 0.2) is 48.5 Å². The van der Waals surface area contributed by atoms with E-state index in [4.69, 9.17) is 4.74 Å². The highest BCUT2D eigenvalue weighted by molar-refractivity contribution is 5.98. The van der Waals surface area contributed by atoms with E-state index in [9.17, 15) is 9.59 Å². The van der Waals surface area contributed by atoms with Gasteiger partial charge >= 0.3 is 0 Å². The summed E-state index contributed by atoms with van der Waals surface area (Å²) in [6.07, 6.45) is 0.782. The molecule has 0 bridgehead atoms. The second-order valence-electron chi connectivity index (χ2n) is 5.68. The Labute approximate surface area is 148 Å². The van der Waals surface area contributed by atoms with Crippen molar-refractivity contribution in [3.05, 3.63) is 54.1 Å². The zero-order valence-electron chi connectivity index (χ0n) is 14.9. The number of hydrogen-bond donors (Lipinski definition) is 1. The molecule has 0 radical (unpaired) electrons. The van der Waals surface area contributed by atoms with E-state index in [-0.39, 0.29) is 18.4 Å². The van der Waals surface area contributed by atoms with Gasteiger partial charge in [0.05, 0.1) is 13.7 Å². The number of nitrogens with one attached hydrogen (secondary N) is 1. The van der Waals surface area contributed by atoms with Gasteiger partial charge in [0.15, 0.2) is 0 Å². The molecule has 2 amide bonds. The van der Waals surface area contributed by atoms with E-state index in [0.29, 0.717) is 17.9 Å². The average molecular weight is 340 g/mol. The lowest BCUT2D eigenvalue weighted by molar-refractivity contribution is -0.121. The minimum atomic E-state index is -0.182. The molecular weight excluding hydrogens is 316 g/mol. The van der Waals surface area contributed by atoms with Gasteiger partial charge in [-0.2, -0.15) is 0 Å². The molecule has 0 spiro atoms. The van der Waals surface area contributed by atoms with Gasteiger partial charge in [-0.3, -0.25) is 9.59 Å². The highest BCUT2D eigenvalue weighted by Crippen LogP contribution is 2.31. The summed E-state index contributed by atoms with van der Waals surface area (Å²) < 4.78 is 5.44. The van der Waals surface area contributed by atoms with Crippen LogP contribution in [0.3, 0.4) is 0 Å². The fourth-order valence-electron chi connectivity index (χ4n) is 2.64. The standard InChI is InChI=1S/C20H24N2O3/c1-4-12-22(14-19(23)21-2)20(24)16-10-11-18(25-3)17(13-16)15-8-6-5-7-9-15/h5-11,13H,4,12,14H2,1-3H3,(H,21,23). The van der Waals surface area contributed by atoms with E-state index < -0.39 is 0 Å². The molecular formula is C20H24N2O3. The third-order valence-corrected chi connectivity index (χ3v) is 3.93. The lowest BCUT2D eigenvalue weighted by atomic mass is 10.0. The smallest absolute Gasteiger partial charge is 0.254 e. The van der Waals surface area contributed by atoms with Crippen molar-refractivity contribution in [2.75, 3.05) is 27.2 Å². The zero-order valence-corrected chi connectivity index (χ0v) is 14.9. The Bertz CT molecular complexity index is 729. The largest absolute Gasteiger partial charge is 0.496 e. The van der Waals surface area contributed by atoms with Crippen LogP contribution in [-0.4, -0.2) is 44.0 Å². The molecule has 0 saturated heterocycles. The van der Waals surface area contributed by atoms with E-state index in [1.165, 1.54) is 0 Å². The van der Waals surface area contributed by atoms with Gasteiger partial charge in [-0.25, -0.2) is 0 Å². The van der Waals surface area contributed by atoms with Crippen LogP contribution in [-0.2, 0) is 4.79 Å². The molecule has 1 N–H and O–H groups in total. The Hall–Kier alpha value is -2.82. The monoisotopic (exact) mass is 340 g/mol. The van der Waals surface area contributed by atoms with Crippen molar-refractivity contribution in [2.24, 2.45) is 0 Å². The molecule has 0 saturated carbocycles. The number of amides is 2. The van der Waals surface area contributed by atoms with Crippen molar-refractivity contribution in [1.29, 1.82) is 0 Å².